The summed E-state index contributed by atoms with van der Waals surface area (Å²) in [7, 11) is 0. The summed E-state index contributed by atoms with van der Waals surface area (Å²) in [5.74, 6) is 0.225. The lowest BCUT2D eigenvalue weighted by atomic mass is 10.2. The summed E-state index contributed by atoms with van der Waals surface area (Å²) in [6.45, 7) is 1.93. The molecule has 0 spiro atoms. The van der Waals surface area contributed by atoms with Crippen LogP contribution >= 0.6 is 11.6 Å². The van der Waals surface area contributed by atoms with Gasteiger partial charge in [0.15, 0.2) is 0 Å². The summed E-state index contributed by atoms with van der Waals surface area (Å²) in [5.41, 5.74) is 1.29. The van der Waals surface area contributed by atoms with Crippen LogP contribution in [0.15, 0.2) is 36.4 Å². The number of hydrogen-bond acceptors (Lipinski definition) is 2. The Bertz CT molecular complexity index is 549. The van der Waals surface area contributed by atoms with Crippen LogP contribution in [-0.4, -0.2) is 5.11 Å². The molecule has 94 valence electrons. The minimum absolute atomic E-state index is 0.0892. The Hall–Kier alpha value is -1.74. The predicted octanol–water partition coefficient (Wildman–Crippen LogP) is 4.07. The van der Waals surface area contributed by atoms with Gasteiger partial charge in [-0.25, -0.2) is 4.39 Å². The molecular formula is C14H12ClFO2. The van der Waals surface area contributed by atoms with Gasteiger partial charge in [0.1, 0.15) is 23.9 Å². The van der Waals surface area contributed by atoms with E-state index in [1.165, 1.54) is 12.1 Å². The number of rotatable bonds is 3. The normalized spacial score (nSPS) is 10.4. The van der Waals surface area contributed by atoms with E-state index in [0.29, 0.717) is 16.3 Å². The summed E-state index contributed by atoms with van der Waals surface area (Å²) in [5, 5.41) is 9.76. The van der Waals surface area contributed by atoms with Crippen molar-refractivity contribution in [3.63, 3.8) is 0 Å². The van der Waals surface area contributed by atoms with Crippen LogP contribution in [0.4, 0.5) is 4.39 Å². The lowest BCUT2D eigenvalue weighted by Crippen LogP contribution is -1.98. The van der Waals surface area contributed by atoms with Gasteiger partial charge >= 0.3 is 0 Å². The van der Waals surface area contributed by atoms with Crippen LogP contribution in [0.5, 0.6) is 11.5 Å². The van der Waals surface area contributed by atoms with Gasteiger partial charge in [-0.15, -0.1) is 0 Å². The third kappa shape index (κ3) is 3.14. The van der Waals surface area contributed by atoms with E-state index in [4.69, 9.17) is 16.3 Å². The molecule has 2 aromatic rings. The van der Waals surface area contributed by atoms with Gasteiger partial charge in [-0.1, -0.05) is 17.7 Å². The van der Waals surface area contributed by atoms with Crippen molar-refractivity contribution in [1.82, 2.24) is 0 Å². The Balaban J connectivity index is 2.11. The van der Waals surface area contributed by atoms with E-state index in [1.54, 1.807) is 24.3 Å². The van der Waals surface area contributed by atoms with Crippen LogP contribution in [0.3, 0.4) is 0 Å². The van der Waals surface area contributed by atoms with Crippen molar-refractivity contribution < 1.29 is 14.2 Å². The van der Waals surface area contributed by atoms with Gasteiger partial charge in [-0.05, 0) is 36.8 Å². The highest BCUT2D eigenvalue weighted by atomic mass is 35.5. The van der Waals surface area contributed by atoms with E-state index in [9.17, 15) is 9.50 Å². The molecule has 0 heterocycles. The zero-order chi connectivity index (χ0) is 13.1. The number of phenols is 1. The van der Waals surface area contributed by atoms with Crippen molar-refractivity contribution in [2.75, 3.05) is 0 Å². The molecule has 0 aliphatic rings. The van der Waals surface area contributed by atoms with Gasteiger partial charge in [0.2, 0.25) is 0 Å². The first kappa shape index (κ1) is 12.7. The lowest BCUT2D eigenvalue weighted by molar-refractivity contribution is 0.298. The van der Waals surface area contributed by atoms with Gasteiger partial charge in [-0.3, -0.25) is 0 Å². The van der Waals surface area contributed by atoms with E-state index in [-0.39, 0.29) is 12.4 Å². The summed E-state index contributed by atoms with van der Waals surface area (Å²) in [6.07, 6.45) is 0. The molecule has 2 nitrogen and oxygen atoms in total. The zero-order valence-corrected chi connectivity index (χ0v) is 10.5. The third-order valence-electron chi connectivity index (χ3n) is 2.45. The smallest absolute Gasteiger partial charge is 0.131 e. The number of benzene rings is 2. The number of halogens is 2. The highest BCUT2D eigenvalue weighted by Crippen LogP contribution is 2.23. The Kier molecular flexibility index (Phi) is 3.72. The maximum absolute atomic E-state index is 13.5. The second-order valence-corrected chi connectivity index (χ2v) is 4.47. The van der Waals surface area contributed by atoms with Crippen molar-refractivity contribution in [2.24, 2.45) is 0 Å². The molecule has 0 unspecified atom stereocenters. The van der Waals surface area contributed by atoms with Gasteiger partial charge in [-0.2, -0.15) is 0 Å². The van der Waals surface area contributed by atoms with Crippen molar-refractivity contribution in [3.05, 3.63) is 58.4 Å². The fraction of sp³-hybridized carbons (Fsp3) is 0.143. The summed E-state index contributed by atoms with van der Waals surface area (Å²) in [6, 6.07) is 9.31. The van der Waals surface area contributed by atoms with E-state index >= 15 is 0 Å². The molecular weight excluding hydrogens is 255 g/mol. The maximum atomic E-state index is 13.5. The fourth-order valence-corrected chi connectivity index (χ4v) is 1.77. The number of phenolic OH excluding ortho intramolecular Hbond substituents is 1. The Morgan fingerprint density at radius 2 is 2.00 bits per heavy atom. The minimum Gasteiger partial charge on any atom is -0.508 e. The van der Waals surface area contributed by atoms with Gasteiger partial charge in [0, 0.05) is 16.7 Å². The Morgan fingerprint density at radius 3 is 2.67 bits per heavy atom. The number of aromatic hydroxyl groups is 1. The lowest BCUT2D eigenvalue weighted by Gasteiger charge is -2.08. The molecule has 0 aliphatic heterocycles. The SMILES string of the molecule is Cc1cc(O)cc(OCc2ccc(Cl)cc2F)c1. The van der Waals surface area contributed by atoms with E-state index in [1.807, 2.05) is 6.92 Å². The topological polar surface area (TPSA) is 29.5 Å². The molecule has 0 aromatic heterocycles. The largest absolute Gasteiger partial charge is 0.508 e. The minimum atomic E-state index is -0.403. The van der Waals surface area contributed by atoms with Crippen LogP contribution < -0.4 is 4.74 Å². The van der Waals surface area contributed by atoms with Crippen LogP contribution in [0.25, 0.3) is 0 Å². The van der Waals surface area contributed by atoms with Gasteiger partial charge in [0.25, 0.3) is 0 Å². The molecule has 1 N–H and O–H groups in total. The van der Waals surface area contributed by atoms with Crippen LogP contribution in [0, 0.1) is 12.7 Å². The van der Waals surface area contributed by atoms with Crippen LogP contribution in [0.2, 0.25) is 5.02 Å². The highest BCUT2D eigenvalue weighted by molar-refractivity contribution is 6.30. The third-order valence-corrected chi connectivity index (χ3v) is 2.68. The summed E-state index contributed by atoms with van der Waals surface area (Å²) < 4.78 is 18.9. The van der Waals surface area contributed by atoms with Crippen molar-refractivity contribution >= 4 is 11.6 Å². The summed E-state index contributed by atoms with van der Waals surface area (Å²) >= 11 is 5.66. The fourth-order valence-electron chi connectivity index (χ4n) is 1.61. The van der Waals surface area contributed by atoms with E-state index in [0.717, 1.165) is 5.56 Å². The van der Waals surface area contributed by atoms with Crippen molar-refractivity contribution in [3.8, 4) is 11.5 Å². The summed E-state index contributed by atoms with van der Waals surface area (Å²) in [4.78, 5) is 0. The maximum Gasteiger partial charge on any atom is 0.131 e. The second-order valence-electron chi connectivity index (χ2n) is 4.03. The molecule has 0 radical (unpaired) electrons. The molecule has 0 saturated carbocycles. The molecule has 0 fully saturated rings. The van der Waals surface area contributed by atoms with E-state index < -0.39 is 5.82 Å². The first-order valence-corrected chi connectivity index (χ1v) is 5.80. The number of hydrogen-bond donors (Lipinski definition) is 1. The van der Waals surface area contributed by atoms with Gasteiger partial charge < -0.3 is 9.84 Å². The molecule has 2 aromatic carbocycles. The Morgan fingerprint density at radius 1 is 1.22 bits per heavy atom. The first-order valence-electron chi connectivity index (χ1n) is 5.42. The molecule has 4 heteroatoms. The monoisotopic (exact) mass is 266 g/mol. The quantitative estimate of drug-likeness (QED) is 0.907. The average molecular weight is 267 g/mol. The molecule has 0 bridgehead atoms. The first-order chi connectivity index (χ1) is 8.54. The second kappa shape index (κ2) is 5.27. The molecule has 18 heavy (non-hydrogen) atoms. The van der Waals surface area contributed by atoms with Crippen molar-refractivity contribution in [1.29, 1.82) is 0 Å². The Labute approximate surface area is 110 Å². The molecule has 2 rings (SSSR count). The number of aryl methyl sites for hydroxylation is 1. The highest BCUT2D eigenvalue weighted by Gasteiger charge is 2.05. The average Bonchev–Trinajstić information content (AvgIpc) is 2.26. The standard InChI is InChI=1S/C14H12ClFO2/c1-9-4-12(17)7-13(5-9)18-8-10-2-3-11(15)6-14(10)16/h2-7,17H,8H2,1H3. The zero-order valence-electron chi connectivity index (χ0n) is 9.78. The molecule has 0 amide bonds. The molecule has 0 atom stereocenters. The van der Waals surface area contributed by atoms with Crippen LogP contribution in [0.1, 0.15) is 11.1 Å². The molecule has 0 saturated heterocycles. The van der Waals surface area contributed by atoms with E-state index in [2.05, 4.69) is 0 Å². The van der Waals surface area contributed by atoms with Crippen molar-refractivity contribution in [2.45, 2.75) is 13.5 Å². The number of ether oxygens (including phenoxy) is 1. The predicted molar refractivity (Wildman–Crippen MR) is 68.6 cm³/mol. The van der Waals surface area contributed by atoms with Crippen LogP contribution in [-0.2, 0) is 6.61 Å². The van der Waals surface area contributed by atoms with Gasteiger partial charge in [0.05, 0.1) is 0 Å². The molecule has 0 aliphatic carbocycles.